The molecule has 0 aromatic rings. The zero-order chi connectivity index (χ0) is 25.8. The first-order chi connectivity index (χ1) is 16.2. The summed E-state index contributed by atoms with van der Waals surface area (Å²) in [5.74, 6) is 0.479. The van der Waals surface area contributed by atoms with Crippen LogP contribution in [0.15, 0.2) is 46.6 Å². The quantitative estimate of drug-likeness (QED) is 0.139. The van der Waals surface area contributed by atoms with Crippen molar-refractivity contribution in [3.63, 3.8) is 0 Å². The number of hydrogen-bond donors (Lipinski definition) is 0. The van der Waals surface area contributed by atoms with E-state index in [1.807, 2.05) is 11.8 Å². The van der Waals surface area contributed by atoms with Crippen molar-refractivity contribution in [2.45, 2.75) is 126 Å². The van der Waals surface area contributed by atoms with Crippen molar-refractivity contribution in [1.29, 1.82) is 0 Å². The molecule has 0 aliphatic carbocycles. The lowest BCUT2D eigenvalue weighted by atomic mass is 10.0. The Morgan fingerprint density at radius 3 is 1.35 bits per heavy atom. The lowest BCUT2D eigenvalue weighted by Crippen LogP contribution is -2.33. The zero-order valence-corrected chi connectivity index (χ0v) is 23.5. The van der Waals surface area contributed by atoms with Gasteiger partial charge in [0.2, 0.25) is 5.91 Å². The summed E-state index contributed by atoms with van der Waals surface area (Å²) in [7, 11) is 0. The van der Waals surface area contributed by atoms with Crippen LogP contribution in [0.4, 0.5) is 0 Å². The normalized spacial score (nSPS) is 13.4. The van der Waals surface area contributed by atoms with Gasteiger partial charge in [-0.25, -0.2) is 0 Å². The molecule has 194 valence electrons. The van der Waals surface area contributed by atoms with Crippen LogP contribution in [0.5, 0.6) is 0 Å². The fraction of sp³-hybridized carbons (Fsp3) is 0.677. The molecule has 0 aromatic heterocycles. The molecule has 0 aromatic carbocycles. The van der Waals surface area contributed by atoms with Gasteiger partial charge in [0.15, 0.2) is 0 Å². The molecule has 3 nitrogen and oxygen atoms in total. The molecule has 0 fully saturated rings. The number of Topliss-reactive ketones (excluding diaryl/α,β-unsaturated/α-hetero) is 1. The molecule has 3 heteroatoms. The van der Waals surface area contributed by atoms with E-state index in [0.717, 1.165) is 89.3 Å². The van der Waals surface area contributed by atoms with E-state index in [4.69, 9.17) is 0 Å². The number of hydrogen-bond acceptors (Lipinski definition) is 2. The van der Waals surface area contributed by atoms with Crippen molar-refractivity contribution >= 4 is 11.7 Å². The molecule has 0 spiro atoms. The van der Waals surface area contributed by atoms with E-state index in [0.29, 0.717) is 6.42 Å². The zero-order valence-electron chi connectivity index (χ0n) is 23.5. The summed E-state index contributed by atoms with van der Waals surface area (Å²) in [6, 6.07) is 0. The van der Waals surface area contributed by atoms with E-state index >= 15 is 0 Å². The van der Waals surface area contributed by atoms with E-state index in [1.165, 1.54) is 16.7 Å². The second-order valence-electron chi connectivity index (χ2n) is 9.89. The summed E-state index contributed by atoms with van der Waals surface area (Å²) < 4.78 is 0. The van der Waals surface area contributed by atoms with E-state index in [2.05, 4.69) is 58.9 Å². The average Bonchev–Trinajstić information content (AvgIpc) is 2.78. The maximum atomic E-state index is 12.8. The van der Waals surface area contributed by atoms with Gasteiger partial charge in [-0.15, -0.1) is 0 Å². The van der Waals surface area contributed by atoms with Gasteiger partial charge in [-0.2, -0.15) is 0 Å². The smallest absolute Gasteiger partial charge is 0.249 e. The molecule has 0 bridgehead atoms. The van der Waals surface area contributed by atoms with Crippen LogP contribution in [0.3, 0.4) is 0 Å². The minimum absolute atomic E-state index is 0.216. The van der Waals surface area contributed by atoms with Crippen LogP contribution in [0.1, 0.15) is 126 Å². The second-order valence-corrected chi connectivity index (χ2v) is 9.89. The van der Waals surface area contributed by atoms with Crippen molar-refractivity contribution in [2.24, 2.45) is 0 Å². The monoisotopic (exact) mass is 471 g/mol. The molecule has 0 atom stereocenters. The molecular weight excluding hydrogens is 418 g/mol. The molecule has 0 radical (unpaired) electrons. The van der Waals surface area contributed by atoms with Gasteiger partial charge in [-0.1, -0.05) is 67.7 Å². The third kappa shape index (κ3) is 17.6. The number of amides is 1. The third-order valence-corrected chi connectivity index (χ3v) is 6.23. The number of carbonyl (C=O) groups excluding carboxylic acids is 2. The highest BCUT2D eigenvalue weighted by molar-refractivity contribution is 5.92. The molecule has 0 N–H and O–H groups in total. The highest BCUT2D eigenvalue weighted by Gasteiger charge is 2.13. The van der Waals surface area contributed by atoms with Gasteiger partial charge in [-0.05, 0) is 92.4 Å². The van der Waals surface area contributed by atoms with Crippen LogP contribution in [0.25, 0.3) is 0 Å². The van der Waals surface area contributed by atoms with Crippen molar-refractivity contribution in [3.8, 4) is 0 Å². The molecule has 0 saturated carbocycles. The summed E-state index contributed by atoms with van der Waals surface area (Å²) in [6.07, 6.45) is 21.2. The fourth-order valence-electron chi connectivity index (χ4n) is 3.79. The minimum atomic E-state index is 0.216. The predicted molar refractivity (Wildman–Crippen MR) is 149 cm³/mol. The largest absolute Gasteiger partial charge is 0.339 e. The van der Waals surface area contributed by atoms with Crippen LogP contribution in [0, 0.1) is 0 Å². The lowest BCUT2D eigenvalue weighted by molar-refractivity contribution is -0.127. The lowest BCUT2D eigenvalue weighted by Gasteiger charge is -2.22. The van der Waals surface area contributed by atoms with Gasteiger partial charge >= 0.3 is 0 Å². The maximum Gasteiger partial charge on any atom is 0.249 e. The molecular formula is C31H53NO2. The maximum absolute atomic E-state index is 12.8. The van der Waals surface area contributed by atoms with E-state index in [9.17, 15) is 9.59 Å². The number of carbonyl (C=O) groups is 2. The van der Waals surface area contributed by atoms with Gasteiger partial charge in [0, 0.05) is 25.1 Å². The van der Waals surface area contributed by atoms with E-state index in [1.54, 1.807) is 6.92 Å². The first kappa shape index (κ1) is 32.1. The summed E-state index contributed by atoms with van der Waals surface area (Å²) in [4.78, 5) is 25.9. The Hall–Kier alpha value is -1.90. The van der Waals surface area contributed by atoms with Gasteiger partial charge in [-0.3, -0.25) is 4.79 Å². The molecule has 0 rings (SSSR count). The van der Waals surface area contributed by atoms with Crippen molar-refractivity contribution in [2.75, 3.05) is 13.1 Å². The van der Waals surface area contributed by atoms with Crippen molar-refractivity contribution < 1.29 is 9.59 Å². The van der Waals surface area contributed by atoms with Crippen LogP contribution in [-0.4, -0.2) is 29.7 Å². The molecule has 0 heterocycles. The van der Waals surface area contributed by atoms with E-state index < -0.39 is 0 Å². The number of nitrogens with zero attached hydrogens (tertiary/aromatic N) is 1. The molecule has 0 unspecified atom stereocenters. The Morgan fingerprint density at radius 2 is 0.971 bits per heavy atom. The molecule has 1 amide bonds. The molecule has 0 aliphatic heterocycles. The Balaban J connectivity index is 4.39. The van der Waals surface area contributed by atoms with Crippen molar-refractivity contribution in [3.05, 3.63) is 46.6 Å². The standard InChI is InChI=1S/C31H53NO2/c1-8-10-24-32(25-11-9-2)31(34)29(6)22-14-20-27(4)18-12-16-26(3)17-13-19-28(5)21-15-23-30(7)33/h17-18,21-22H,8-16,19-20,23-25H2,1-7H3. The van der Waals surface area contributed by atoms with Crippen LogP contribution in [0.2, 0.25) is 0 Å². The van der Waals surface area contributed by atoms with Crippen LogP contribution in [-0.2, 0) is 9.59 Å². The predicted octanol–water partition coefficient (Wildman–Crippen LogP) is 8.91. The third-order valence-electron chi connectivity index (χ3n) is 6.23. The van der Waals surface area contributed by atoms with Gasteiger partial charge < -0.3 is 9.69 Å². The first-order valence-corrected chi connectivity index (χ1v) is 13.6. The molecule has 34 heavy (non-hydrogen) atoms. The Morgan fingerprint density at radius 1 is 0.588 bits per heavy atom. The summed E-state index contributed by atoms with van der Waals surface area (Å²) in [5.41, 5.74) is 5.12. The highest BCUT2D eigenvalue weighted by Crippen LogP contribution is 2.15. The number of ketones is 1. The first-order valence-electron chi connectivity index (χ1n) is 13.6. The molecule has 0 aliphatic rings. The van der Waals surface area contributed by atoms with Crippen LogP contribution >= 0.6 is 0 Å². The number of rotatable bonds is 19. The topological polar surface area (TPSA) is 37.4 Å². The SMILES string of the molecule is CCCCN(CCCC)C(=O)C(C)=CCCC(C)=CCCC(C)=CCCC(C)=CCCC(C)=O. The van der Waals surface area contributed by atoms with Gasteiger partial charge in [0.1, 0.15) is 5.78 Å². The summed E-state index contributed by atoms with van der Waals surface area (Å²) in [6.45, 7) is 16.3. The average molecular weight is 472 g/mol. The number of unbranched alkanes of at least 4 members (excludes halogenated alkanes) is 2. The summed E-state index contributed by atoms with van der Waals surface area (Å²) in [5, 5.41) is 0. The summed E-state index contributed by atoms with van der Waals surface area (Å²) >= 11 is 0. The Bertz CT molecular complexity index is 701. The fourth-order valence-corrected chi connectivity index (χ4v) is 3.79. The van der Waals surface area contributed by atoms with Crippen molar-refractivity contribution in [1.82, 2.24) is 4.90 Å². The number of allylic oxidation sites excluding steroid dienone is 7. The van der Waals surface area contributed by atoms with Gasteiger partial charge in [0.25, 0.3) is 0 Å². The van der Waals surface area contributed by atoms with Crippen LogP contribution < -0.4 is 0 Å². The molecule has 0 saturated heterocycles. The minimum Gasteiger partial charge on any atom is -0.339 e. The van der Waals surface area contributed by atoms with Gasteiger partial charge in [0.05, 0.1) is 0 Å². The Kier molecular flexibility index (Phi) is 19.3. The second kappa shape index (κ2) is 20.5. The highest BCUT2D eigenvalue weighted by atomic mass is 16.2. The van der Waals surface area contributed by atoms with E-state index in [-0.39, 0.29) is 11.7 Å². The Labute approximate surface area is 211 Å².